The van der Waals surface area contributed by atoms with Gasteiger partial charge < -0.3 is 14.0 Å². The Morgan fingerprint density at radius 2 is 1.83 bits per heavy atom. The highest BCUT2D eigenvalue weighted by atomic mass is 35.5. The van der Waals surface area contributed by atoms with Gasteiger partial charge in [-0.2, -0.15) is 0 Å². The van der Waals surface area contributed by atoms with Gasteiger partial charge >= 0.3 is 5.97 Å². The van der Waals surface area contributed by atoms with Crippen LogP contribution in [0, 0.1) is 6.92 Å². The van der Waals surface area contributed by atoms with Crippen molar-refractivity contribution in [3.05, 3.63) is 75.0 Å². The zero-order chi connectivity index (χ0) is 25.3. The molecule has 4 rings (SSSR count). The molecule has 0 aliphatic carbocycles. The molecule has 0 spiro atoms. The number of halogens is 2. The summed E-state index contributed by atoms with van der Waals surface area (Å²) in [5.41, 5.74) is 2.90. The largest absolute Gasteiger partial charge is 0.497 e. The summed E-state index contributed by atoms with van der Waals surface area (Å²) in [6, 6.07) is 12.3. The second-order valence-corrected chi connectivity index (χ2v) is 9.89. The van der Waals surface area contributed by atoms with Crippen molar-refractivity contribution in [1.29, 1.82) is 0 Å². The molecule has 7 nitrogen and oxygen atoms in total. The second kappa shape index (κ2) is 10.3. The van der Waals surface area contributed by atoms with E-state index in [0.717, 1.165) is 21.7 Å². The summed E-state index contributed by atoms with van der Waals surface area (Å²) in [6.45, 7) is 5.85. The fourth-order valence-electron chi connectivity index (χ4n) is 3.71. The lowest BCUT2D eigenvalue weighted by Crippen LogP contribution is -2.19. The number of carbonyl (C=O) groups is 2. The highest BCUT2D eigenvalue weighted by Crippen LogP contribution is 2.35. The standard InChI is InChI=1S/C25H23Cl2N3O4S/c1-13(2)30-14(3)20(26)21(27)22(30)23(31)29-25-28-18-10-7-16(11-19(18)35-25)24(32)34-12-15-5-8-17(33-4)9-6-15/h5-11,13H,12H2,1-4H3,(H,28,29,31). The Labute approximate surface area is 216 Å². The molecule has 2 aromatic heterocycles. The minimum atomic E-state index is -0.451. The Balaban J connectivity index is 1.49. The zero-order valence-corrected chi connectivity index (χ0v) is 21.8. The van der Waals surface area contributed by atoms with E-state index in [4.69, 9.17) is 32.7 Å². The summed E-state index contributed by atoms with van der Waals surface area (Å²) in [5, 5.41) is 3.75. The average Bonchev–Trinajstić information content (AvgIpc) is 3.35. The molecule has 0 radical (unpaired) electrons. The third-order valence-electron chi connectivity index (χ3n) is 5.43. The molecule has 0 aliphatic heterocycles. The van der Waals surface area contributed by atoms with Crippen LogP contribution in [0.3, 0.4) is 0 Å². The molecule has 2 heterocycles. The van der Waals surface area contributed by atoms with Crippen molar-refractivity contribution in [2.75, 3.05) is 12.4 Å². The first-order valence-corrected chi connectivity index (χ1v) is 12.3. The quantitative estimate of drug-likeness (QED) is 0.262. The summed E-state index contributed by atoms with van der Waals surface area (Å²) < 4.78 is 13.1. The molecule has 0 unspecified atom stereocenters. The van der Waals surface area contributed by atoms with Crippen molar-refractivity contribution >= 4 is 61.8 Å². The molecule has 4 aromatic rings. The lowest BCUT2D eigenvalue weighted by atomic mass is 10.2. The van der Waals surface area contributed by atoms with E-state index in [1.807, 2.05) is 45.0 Å². The predicted molar refractivity (Wildman–Crippen MR) is 139 cm³/mol. The van der Waals surface area contributed by atoms with E-state index in [9.17, 15) is 9.59 Å². The number of thiazole rings is 1. The lowest BCUT2D eigenvalue weighted by Gasteiger charge is -2.14. The van der Waals surface area contributed by atoms with Crippen LogP contribution in [0.15, 0.2) is 42.5 Å². The van der Waals surface area contributed by atoms with Crippen LogP contribution in [0.5, 0.6) is 5.75 Å². The SMILES string of the molecule is COc1ccc(COC(=O)c2ccc3nc(NC(=O)c4c(Cl)c(Cl)c(C)n4C(C)C)sc3c2)cc1. The van der Waals surface area contributed by atoms with Crippen molar-refractivity contribution in [2.45, 2.75) is 33.4 Å². The van der Waals surface area contributed by atoms with E-state index in [1.54, 1.807) is 29.9 Å². The van der Waals surface area contributed by atoms with Gasteiger partial charge in [0.15, 0.2) is 5.13 Å². The Morgan fingerprint density at radius 1 is 1.11 bits per heavy atom. The third-order valence-corrected chi connectivity index (χ3v) is 7.29. The molecule has 0 saturated carbocycles. The summed E-state index contributed by atoms with van der Waals surface area (Å²) in [5.74, 6) is -0.123. The van der Waals surface area contributed by atoms with Crippen molar-refractivity contribution in [2.24, 2.45) is 0 Å². The van der Waals surface area contributed by atoms with Crippen LogP contribution in [0.1, 0.15) is 52.0 Å². The number of rotatable bonds is 7. The minimum absolute atomic E-state index is 0.0115. The van der Waals surface area contributed by atoms with Crippen molar-refractivity contribution in [3.63, 3.8) is 0 Å². The summed E-state index contributed by atoms with van der Waals surface area (Å²) in [6.07, 6.45) is 0. The number of anilines is 1. The number of esters is 1. The number of fused-ring (bicyclic) bond motifs is 1. The third kappa shape index (κ3) is 5.15. The van der Waals surface area contributed by atoms with E-state index >= 15 is 0 Å². The molecular formula is C25H23Cl2N3O4S. The Kier molecular flexibility index (Phi) is 7.35. The maximum atomic E-state index is 13.0. The molecule has 10 heteroatoms. The van der Waals surface area contributed by atoms with Gasteiger partial charge in [-0.25, -0.2) is 9.78 Å². The van der Waals surface area contributed by atoms with Gasteiger partial charge in [0.1, 0.15) is 18.1 Å². The average molecular weight is 532 g/mol. The molecule has 0 bridgehead atoms. The van der Waals surface area contributed by atoms with Gasteiger partial charge in [0.25, 0.3) is 5.91 Å². The minimum Gasteiger partial charge on any atom is -0.497 e. The molecule has 0 aliphatic rings. The number of nitrogens with one attached hydrogen (secondary N) is 1. The number of amides is 1. The molecular weight excluding hydrogens is 509 g/mol. The van der Waals surface area contributed by atoms with Crippen LogP contribution in [0.4, 0.5) is 5.13 Å². The summed E-state index contributed by atoms with van der Waals surface area (Å²) >= 11 is 13.9. The normalized spacial score (nSPS) is 11.2. The first-order valence-electron chi connectivity index (χ1n) is 10.8. The maximum Gasteiger partial charge on any atom is 0.338 e. The van der Waals surface area contributed by atoms with Gasteiger partial charge in [-0.15, -0.1) is 0 Å². The Hall–Kier alpha value is -3.07. The predicted octanol–water partition coefficient (Wildman–Crippen LogP) is 6.91. The number of nitrogens with zero attached hydrogens (tertiary/aromatic N) is 2. The number of hydrogen-bond acceptors (Lipinski definition) is 6. The van der Waals surface area contributed by atoms with E-state index in [0.29, 0.717) is 21.2 Å². The van der Waals surface area contributed by atoms with Gasteiger partial charge in [-0.05, 0) is 56.7 Å². The van der Waals surface area contributed by atoms with Gasteiger partial charge in [0, 0.05) is 11.7 Å². The van der Waals surface area contributed by atoms with Crippen LogP contribution in [-0.4, -0.2) is 28.5 Å². The van der Waals surface area contributed by atoms with Crippen LogP contribution in [0.25, 0.3) is 10.2 Å². The van der Waals surface area contributed by atoms with Crippen LogP contribution < -0.4 is 10.1 Å². The van der Waals surface area contributed by atoms with Gasteiger partial charge in [-0.1, -0.05) is 46.7 Å². The number of benzene rings is 2. The maximum absolute atomic E-state index is 13.0. The number of hydrogen-bond donors (Lipinski definition) is 1. The smallest absolute Gasteiger partial charge is 0.338 e. The molecule has 1 amide bonds. The highest BCUT2D eigenvalue weighted by molar-refractivity contribution is 7.22. The van der Waals surface area contributed by atoms with Gasteiger partial charge in [0.2, 0.25) is 0 Å². The lowest BCUT2D eigenvalue weighted by molar-refractivity contribution is 0.0473. The second-order valence-electron chi connectivity index (χ2n) is 8.11. The van der Waals surface area contributed by atoms with Crippen molar-refractivity contribution in [1.82, 2.24) is 9.55 Å². The van der Waals surface area contributed by atoms with E-state index in [1.165, 1.54) is 11.3 Å². The zero-order valence-electron chi connectivity index (χ0n) is 19.5. The van der Waals surface area contributed by atoms with Crippen LogP contribution in [-0.2, 0) is 11.3 Å². The number of ether oxygens (including phenoxy) is 2. The van der Waals surface area contributed by atoms with Crippen molar-refractivity contribution < 1.29 is 19.1 Å². The van der Waals surface area contributed by atoms with E-state index < -0.39 is 11.9 Å². The fourth-order valence-corrected chi connectivity index (χ4v) is 5.11. The fraction of sp³-hybridized carbons (Fsp3) is 0.240. The van der Waals surface area contributed by atoms with Crippen LogP contribution in [0.2, 0.25) is 10.0 Å². The van der Waals surface area contributed by atoms with Crippen LogP contribution >= 0.6 is 34.5 Å². The topological polar surface area (TPSA) is 82.5 Å². The first kappa shape index (κ1) is 25.0. The molecule has 1 N–H and O–H groups in total. The summed E-state index contributed by atoms with van der Waals surface area (Å²) in [7, 11) is 1.59. The Morgan fingerprint density at radius 3 is 2.49 bits per heavy atom. The van der Waals surface area contributed by atoms with Crippen molar-refractivity contribution in [3.8, 4) is 5.75 Å². The molecule has 0 fully saturated rings. The monoisotopic (exact) mass is 531 g/mol. The van der Waals surface area contributed by atoms with E-state index in [2.05, 4.69) is 10.3 Å². The Bertz CT molecular complexity index is 1410. The number of aromatic nitrogens is 2. The highest BCUT2D eigenvalue weighted by Gasteiger charge is 2.25. The molecule has 0 saturated heterocycles. The van der Waals surface area contributed by atoms with Gasteiger partial charge in [-0.3, -0.25) is 10.1 Å². The van der Waals surface area contributed by atoms with Gasteiger partial charge in [0.05, 0.1) is 32.9 Å². The first-order chi connectivity index (χ1) is 16.7. The molecule has 0 atom stereocenters. The van der Waals surface area contributed by atoms with E-state index in [-0.39, 0.29) is 23.4 Å². The molecule has 2 aromatic carbocycles. The molecule has 182 valence electrons. The number of carbonyl (C=O) groups excluding carboxylic acids is 2. The summed E-state index contributed by atoms with van der Waals surface area (Å²) in [4.78, 5) is 30.1. The number of methoxy groups -OCH3 is 1. The molecule has 35 heavy (non-hydrogen) atoms.